The van der Waals surface area contributed by atoms with Crippen LogP contribution in [0.5, 0.6) is 0 Å². The summed E-state index contributed by atoms with van der Waals surface area (Å²) in [5.74, 6) is -0.392. The van der Waals surface area contributed by atoms with Gasteiger partial charge in [0.05, 0.1) is 4.90 Å². The van der Waals surface area contributed by atoms with Crippen molar-refractivity contribution < 1.29 is 22.4 Å². The highest BCUT2D eigenvalue weighted by atomic mass is 32.2. The first-order valence-corrected chi connectivity index (χ1v) is 11.0. The van der Waals surface area contributed by atoms with Crippen LogP contribution in [-0.2, 0) is 26.2 Å². The third-order valence-corrected chi connectivity index (χ3v) is 6.03. The molecule has 0 atom stereocenters. The molecular formula is C21H25FN2O4S. The van der Waals surface area contributed by atoms with E-state index in [4.69, 9.17) is 4.84 Å². The number of hydrogen-bond donors (Lipinski definition) is 1. The first-order valence-electron chi connectivity index (χ1n) is 9.54. The van der Waals surface area contributed by atoms with E-state index in [1.54, 1.807) is 4.90 Å². The smallest absolute Gasteiger partial charge is 0.262 e. The Labute approximate surface area is 170 Å². The van der Waals surface area contributed by atoms with Gasteiger partial charge in [-0.25, -0.2) is 12.8 Å². The van der Waals surface area contributed by atoms with Gasteiger partial charge in [0.15, 0.2) is 0 Å². The maximum absolute atomic E-state index is 12.9. The summed E-state index contributed by atoms with van der Waals surface area (Å²) < 4.78 is 37.2. The number of nitrogens with zero attached hydrogens (tertiary/aromatic N) is 1. The molecule has 1 saturated carbocycles. The van der Waals surface area contributed by atoms with Gasteiger partial charge in [-0.15, -0.1) is 0 Å². The third-order valence-electron chi connectivity index (χ3n) is 4.80. The van der Waals surface area contributed by atoms with Gasteiger partial charge >= 0.3 is 0 Å². The van der Waals surface area contributed by atoms with Crippen LogP contribution in [0.2, 0.25) is 0 Å². The van der Waals surface area contributed by atoms with Crippen molar-refractivity contribution in [3.05, 3.63) is 65.5 Å². The van der Waals surface area contributed by atoms with Gasteiger partial charge in [0.2, 0.25) is 0 Å². The molecule has 6 nitrogen and oxygen atoms in total. The molecule has 0 unspecified atom stereocenters. The Morgan fingerprint density at radius 1 is 1.14 bits per heavy atom. The number of halogens is 1. The van der Waals surface area contributed by atoms with Crippen LogP contribution in [0.15, 0.2) is 53.4 Å². The van der Waals surface area contributed by atoms with E-state index in [1.807, 2.05) is 17.0 Å². The molecule has 1 aliphatic carbocycles. The second-order valence-electron chi connectivity index (χ2n) is 7.48. The van der Waals surface area contributed by atoms with Gasteiger partial charge in [-0.2, -0.15) is 0 Å². The highest BCUT2D eigenvalue weighted by Crippen LogP contribution is 2.29. The quantitative estimate of drug-likeness (QED) is 0.632. The second kappa shape index (κ2) is 9.02. The molecule has 0 aromatic heterocycles. The standard InChI is InChI=1S/C21H25FN2O4S/c1-15(2)17-5-3-16(4-6-17)13-24(19-9-10-19)21(25)14-28-23-29(26,27)20-11-7-18(22)8-12-20/h3-8,11-12,15,19,23H,9-10,13-14H2,1-2H3. The van der Waals surface area contributed by atoms with Gasteiger partial charge in [-0.3, -0.25) is 9.63 Å². The van der Waals surface area contributed by atoms with Crippen molar-refractivity contribution in [2.75, 3.05) is 6.61 Å². The van der Waals surface area contributed by atoms with Crippen molar-refractivity contribution in [1.29, 1.82) is 0 Å². The van der Waals surface area contributed by atoms with E-state index >= 15 is 0 Å². The number of hydrogen-bond acceptors (Lipinski definition) is 4. The zero-order valence-electron chi connectivity index (χ0n) is 16.5. The van der Waals surface area contributed by atoms with Crippen molar-refractivity contribution in [2.45, 2.75) is 50.1 Å². The minimum absolute atomic E-state index is 0.143. The fourth-order valence-electron chi connectivity index (χ4n) is 2.93. The van der Waals surface area contributed by atoms with Crippen LogP contribution in [0.3, 0.4) is 0 Å². The largest absolute Gasteiger partial charge is 0.333 e. The van der Waals surface area contributed by atoms with E-state index in [-0.39, 0.29) is 16.8 Å². The minimum Gasteiger partial charge on any atom is -0.333 e. The maximum Gasteiger partial charge on any atom is 0.262 e. The Morgan fingerprint density at radius 2 is 1.76 bits per heavy atom. The van der Waals surface area contributed by atoms with Crippen LogP contribution >= 0.6 is 0 Å². The zero-order chi connectivity index (χ0) is 21.0. The van der Waals surface area contributed by atoms with Crippen molar-refractivity contribution in [2.24, 2.45) is 0 Å². The SMILES string of the molecule is CC(C)c1ccc(CN(C(=O)CONS(=O)(=O)c2ccc(F)cc2)C2CC2)cc1. The molecule has 2 aromatic rings. The lowest BCUT2D eigenvalue weighted by atomic mass is 10.0. The molecule has 3 rings (SSSR count). The summed E-state index contributed by atoms with van der Waals surface area (Å²) in [6.07, 6.45) is 1.86. The number of benzene rings is 2. The van der Waals surface area contributed by atoms with E-state index in [1.165, 1.54) is 5.56 Å². The van der Waals surface area contributed by atoms with Crippen LogP contribution in [0.25, 0.3) is 0 Å². The normalized spacial score (nSPS) is 14.2. The molecule has 1 aliphatic rings. The summed E-state index contributed by atoms with van der Waals surface area (Å²) in [7, 11) is -3.98. The number of carbonyl (C=O) groups excluding carboxylic acids is 1. The fourth-order valence-corrected chi connectivity index (χ4v) is 3.73. The lowest BCUT2D eigenvalue weighted by Gasteiger charge is -2.22. The monoisotopic (exact) mass is 420 g/mol. The zero-order valence-corrected chi connectivity index (χ0v) is 17.3. The summed E-state index contributed by atoms with van der Waals surface area (Å²) in [5.41, 5.74) is 2.25. The van der Waals surface area contributed by atoms with Crippen LogP contribution in [0.1, 0.15) is 43.7 Å². The number of nitrogens with one attached hydrogen (secondary N) is 1. The van der Waals surface area contributed by atoms with Gasteiger partial charge in [0.1, 0.15) is 12.4 Å². The van der Waals surface area contributed by atoms with E-state index in [9.17, 15) is 17.6 Å². The molecule has 0 radical (unpaired) electrons. The molecule has 1 amide bonds. The molecule has 0 bridgehead atoms. The second-order valence-corrected chi connectivity index (χ2v) is 9.12. The van der Waals surface area contributed by atoms with Crippen molar-refractivity contribution >= 4 is 15.9 Å². The van der Waals surface area contributed by atoms with E-state index in [0.717, 1.165) is 42.7 Å². The summed E-state index contributed by atoms with van der Waals surface area (Å²) in [6, 6.07) is 12.6. The highest BCUT2D eigenvalue weighted by molar-refractivity contribution is 7.89. The van der Waals surface area contributed by atoms with Crippen LogP contribution in [0.4, 0.5) is 4.39 Å². The number of amides is 1. The predicted octanol–water partition coefficient (Wildman–Crippen LogP) is 3.35. The lowest BCUT2D eigenvalue weighted by Crippen LogP contribution is -2.37. The van der Waals surface area contributed by atoms with Crippen LogP contribution < -0.4 is 4.89 Å². The summed E-state index contributed by atoms with van der Waals surface area (Å²) >= 11 is 0. The Morgan fingerprint density at radius 3 is 2.31 bits per heavy atom. The summed E-state index contributed by atoms with van der Waals surface area (Å²) in [4.78, 5) is 21.1. The molecule has 1 fully saturated rings. The first-order chi connectivity index (χ1) is 13.8. The van der Waals surface area contributed by atoms with Gasteiger partial charge in [0, 0.05) is 12.6 Å². The van der Waals surface area contributed by atoms with Crippen molar-refractivity contribution in [3.63, 3.8) is 0 Å². The molecule has 29 heavy (non-hydrogen) atoms. The third kappa shape index (κ3) is 5.85. The minimum atomic E-state index is -3.98. The van der Waals surface area contributed by atoms with Crippen molar-refractivity contribution in [3.8, 4) is 0 Å². The van der Waals surface area contributed by atoms with E-state index < -0.39 is 22.4 Å². The molecule has 0 saturated heterocycles. The molecule has 156 valence electrons. The van der Waals surface area contributed by atoms with Crippen molar-refractivity contribution in [1.82, 2.24) is 9.79 Å². The highest BCUT2D eigenvalue weighted by Gasteiger charge is 2.32. The fraction of sp³-hybridized carbons (Fsp3) is 0.381. The average molecular weight is 421 g/mol. The maximum atomic E-state index is 12.9. The van der Waals surface area contributed by atoms with E-state index in [0.29, 0.717) is 12.5 Å². The van der Waals surface area contributed by atoms with Crippen LogP contribution in [0, 0.1) is 5.82 Å². The topological polar surface area (TPSA) is 75.7 Å². The predicted molar refractivity (Wildman–Crippen MR) is 107 cm³/mol. The molecule has 0 spiro atoms. The molecule has 0 heterocycles. The van der Waals surface area contributed by atoms with Gasteiger partial charge in [-0.05, 0) is 54.2 Å². The van der Waals surface area contributed by atoms with E-state index in [2.05, 4.69) is 26.0 Å². The van der Waals surface area contributed by atoms with Crippen LogP contribution in [-0.4, -0.2) is 31.9 Å². The Balaban J connectivity index is 1.56. The number of rotatable bonds is 9. The Kier molecular flexibility index (Phi) is 6.66. The lowest BCUT2D eigenvalue weighted by molar-refractivity contribution is -0.138. The molecular weight excluding hydrogens is 395 g/mol. The Hall–Kier alpha value is -2.29. The van der Waals surface area contributed by atoms with Gasteiger partial charge in [-0.1, -0.05) is 43.0 Å². The molecule has 2 aromatic carbocycles. The summed E-state index contributed by atoms with van der Waals surface area (Å²) in [5, 5.41) is 0. The molecule has 8 heteroatoms. The van der Waals surface area contributed by atoms with Gasteiger partial charge < -0.3 is 4.90 Å². The summed E-state index contributed by atoms with van der Waals surface area (Å²) in [6.45, 7) is 4.29. The number of carbonyl (C=O) groups is 1. The first kappa shape index (κ1) is 21.4. The average Bonchev–Trinajstić information content (AvgIpc) is 3.51. The number of sulfonamides is 1. The van der Waals surface area contributed by atoms with Gasteiger partial charge in [0.25, 0.3) is 15.9 Å². The molecule has 0 aliphatic heterocycles. The Bertz CT molecular complexity index is 940. The molecule has 1 N–H and O–H groups in total.